The normalized spacial score (nSPS) is 18.6. The Balaban J connectivity index is 0.00000363. The third-order valence-corrected chi connectivity index (χ3v) is 5.60. The topological polar surface area (TPSA) is 66.0 Å². The smallest absolute Gasteiger partial charge is 0.254 e. The number of nitrogens with one attached hydrogen (secondary N) is 2. The van der Waals surface area contributed by atoms with E-state index >= 15 is 0 Å². The molecular weight excluding hydrogens is 539 g/mol. The van der Waals surface area contributed by atoms with Crippen LogP contribution < -0.4 is 10.6 Å². The molecule has 1 saturated heterocycles. The lowest BCUT2D eigenvalue weighted by atomic mass is 10.1. The summed E-state index contributed by atoms with van der Waals surface area (Å²) in [7, 11) is 1.75. The van der Waals surface area contributed by atoms with Crippen molar-refractivity contribution in [1.82, 2.24) is 15.5 Å². The van der Waals surface area contributed by atoms with Crippen molar-refractivity contribution in [1.29, 1.82) is 0 Å². The van der Waals surface area contributed by atoms with Crippen molar-refractivity contribution in [3.63, 3.8) is 0 Å². The number of carbonyl (C=O) groups excluding carboxylic acids is 1. The molecule has 32 heavy (non-hydrogen) atoms. The van der Waals surface area contributed by atoms with Crippen LogP contribution in [0.15, 0.2) is 53.5 Å². The second-order valence-corrected chi connectivity index (χ2v) is 8.27. The Bertz CT molecular complexity index is 897. The van der Waals surface area contributed by atoms with E-state index in [1.54, 1.807) is 7.05 Å². The zero-order valence-corrected chi connectivity index (χ0v) is 21.9. The molecule has 0 aromatic heterocycles. The van der Waals surface area contributed by atoms with Gasteiger partial charge in [0.15, 0.2) is 5.96 Å². The van der Waals surface area contributed by atoms with Gasteiger partial charge in [-0.05, 0) is 49.6 Å². The van der Waals surface area contributed by atoms with Crippen molar-refractivity contribution in [3.05, 3.63) is 70.2 Å². The third-order valence-electron chi connectivity index (χ3n) is 5.24. The van der Waals surface area contributed by atoms with Gasteiger partial charge in [-0.2, -0.15) is 0 Å². The highest BCUT2D eigenvalue weighted by atomic mass is 127. The summed E-state index contributed by atoms with van der Waals surface area (Å²) < 4.78 is 5.72. The van der Waals surface area contributed by atoms with Crippen LogP contribution in [0.25, 0.3) is 0 Å². The summed E-state index contributed by atoms with van der Waals surface area (Å²) in [5, 5.41) is 7.39. The quantitative estimate of drug-likeness (QED) is 0.312. The predicted octanol–water partition coefficient (Wildman–Crippen LogP) is 4.12. The van der Waals surface area contributed by atoms with E-state index in [1.165, 1.54) is 0 Å². The Hall–Kier alpha value is -1.84. The summed E-state index contributed by atoms with van der Waals surface area (Å²) >= 11 is 6.21. The molecule has 3 rings (SSSR count). The second-order valence-electron chi connectivity index (χ2n) is 7.86. The Morgan fingerprint density at radius 2 is 1.75 bits per heavy atom. The highest BCUT2D eigenvalue weighted by molar-refractivity contribution is 14.0. The van der Waals surface area contributed by atoms with Gasteiger partial charge in [0.05, 0.1) is 12.2 Å². The number of carbonyl (C=O) groups is 1. The second kappa shape index (κ2) is 13.0. The number of amides is 1. The minimum atomic E-state index is 0. The summed E-state index contributed by atoms with van der Waals surface area (Å²) in [5.74, 6) is 0.780. The molecule has 2 atom stereocenters. The van der Waals surface area contributed by atoms with Gasteiger partial charge in [-0.1, -0.05) is 41.9 Å². The van der Waals surface area contributed by atoms with Crippen molar-refractivity contribution < 1.29 is 9.53 Å². The van der Waals surface area contributed by atoms with E-state index < -0.39 is 0 Å². The molecule has 1 amide bonds. The van der Waals surface area contributed by atoms with E-state index in [0.29, 0.717) is 25.2 Å². The van der Waals surface area contributed by atoms with Crippen LogP contribution in [0.4, 0.5) is 0 Å². The minimum Gasteiger partial charge on any atom is -0.372 e. The zero-order valence-electron chi connectivity index (χ0n) is 18.8. The first-order valence-corrected chi connectivity index (χ1v) is 11.1. The highest BCUT2D eigenvalue weighted by Gasteiger charge is 2.26. The highest BCUT2D eigenvalue weighted by Crippen LogP contribution is 2.16. The molecule has 174 valence electrons. The standard InChI is InChI=1S/C24H31ClN4O2.HI/c1-17-15-29(16-18(2)31-17)23(30)21-10-8-19(9-11-21)14-28-24(26-3)27-13-12-20-6-4-5-7-22(20)25;/h4-11,17-18H,12-16H2,1-3H3,(H2,26,27,28);1H. The summed E-state index contributed by atoms with van der Waals surface area (Å²) in [6.07, 6.45) is 0.942. The summed E-state index contributed by atoms with van der Waals surface area (Å²) in [5.41, 5.74) is 2.89. The molecule has 1 fully saturated rings. The number of nitrogens with zero attached hydrogens (tertiary/aromatic N) is 2. The van der Waals surface area contributed by atoms with Gasteiger partial charge in [0.2, 0.25) is 0 Å². The molecule has 0 aliphatic carbocycles. The summed E-state index contributed by atoms with van der Waals surface area (Å²) in [4.78, 5) is 18.9. The first-order valence-electron chi connectivity index (χ1n) is 10.7. The third kappa shape index (κ3) is 7.64. The molecule has 0 spiro atoms. The number of morpholine rings is 1. The van der Waals surface area contributed by atoms with Gasteiger partial charge >= 0.3 is 0 Å². The first kappa shape index (κ1) is 26.4. The Labute approximate surface area is 212 Å². The molecule has 2 unspecified atom stereocenters. The zero-order chi connectivity index (χ0) is 22.2. The average Bonchev–Trinajstić information content (AvgIpc) is 2.76. The van der Waals surface area contributed by atoms with Crippen LogP contribution >= 0.6 is 35.6 Å². The van der Waals surface area contributed by atoms with Crippen LogP contribution in [0.1, 0.15) is 35.3 Å². The molecule has 1 heterocycles. The first-order chi connectivity index (χ1) is 15.0. The van der Waals surface area contributed by atoms with Gasteiger partial charge in [-0.25, -0.2) is 0 Å². The van der Waals surface area contributed by atoms with E-state index in [-0.39, 0.29) is 42.1 Å². The molecule has 1 aliphatic rings. The van der Waals surface area contributed by atoms with E-state index in [0.717, 1.165) is 35.1 Å². The number of hydrogen-bond donors (Lipinski definition) is 2. The van der Waals surface area contributed by atoms with Gasteiger partial charge in [0, 0.05) is 43.8 Å². The fraction of sp³-hybridized carbons (Fsp3) is 0.417. The van der Waals surface area contributed by atoms with E-state index in [9.17, 15) is 4.79 Å². The number of benzene rings is 2. The number of hydrogen-bond acceptors (Lipinski definition) is 3. The molecule has 6 nitrogen and oxygen atoms in total. The number of guanidine groups is 1. The molecule has 0 saturated carbocycles. The molecule has 2 N–H and O–H groups in total. The minimum absolute atomic E-state index is 0. The summed E-state index contributed by atoms with van der Waals surface area (Å²) in [6, 6.07) is 15.6. The monoisotopic (exact) mass is 570 g/mol. The number of rotatable bonds is 6. The van der Waals surface area contributed by atoms with Gasteiger partial charge in [0.25, 0.3) is 5.91 Å². The predicted molar refractivity (Wildman–Crippen MR) is 141 cm³/mol. The van der Waals surface area contributed by atoms with E-state index in [4.69, 9.17) is 16.3 Å². The van der Waals surface area contributed by atoms with Crippen molar-refractivity contribution in [3.8, 4) is 0 Å². The van der Waals surface area contributed by atoms with E-state index in [1.807, 2.05) is 67.3 Å². The van der Waals surface area contributed by atoms with Crippen LogP contribution in [0.5, 0.6) is 0 Å². The van der Waals surface area contributed by atoms with Gasteiger partial charge < -0.3 is 20.3 Å². The lowest BCUT2D eigenvalue weighted by Gasteiger charge is -2.35. The van der Waals surface area contributed by atoms with Crippen molar-refractivity contribution in [2.45, 2.75) is 39.0 Å². The Morgan fingerprint density at radius 1 is 1.09 bits per heavy atom. The van der Waals surface area contributed by atoms with Crippen LogP contribution in [-0.4, -0.2) is 55.7 Å². The number of ether oxygens (including phenoxy) is 1. The molecule has 2 aromatic carbocycles. The number of aliphatic imine (C=N–C) groups is 1. The SMILES string of the molecule is CN=C(NCCc1ccccc1Cl)NCc1ccc(C(=O)N2CC(C)OC(C)C2)cc1.I. The maximum atomic E-state index is 12.8. The largest absolute Gasteiger partial charge is 0.372 e. The van der Waals surface area contributed by atoms with Crippen LogP contribution in [0.3, 0.4) is 0 Å². The number of halogens is 2. The molecule has 0 radical (unpaired) electrons. The average molecular weight is 571 g/mol. The van der Waals surface area contributed by atoms with Crippen LogP contribution in [0, 0.1) is 0 Å². The molecule has 8 heteroatoms. The molecule has 1 aliphatic heterocycles. The maximum Gasteiger partial charge on any atom is 0.254 e. The van der Waals surface area contributed by atoms with Crippen molar-refractivity contribution >= 4 is 47.4 Å². The van der Waals surface area contributed by atoms with Crippen molar-refractivity contribution in [2.24, 2.45) is 4.99 Å². The lowest BCUT2D eigenvalue weighted by molar-refractivity contribution is -0.0586. The molecule has 0 bridgehead atoms. The van der Waals surface area contributed by atoms with Crippen molar-refractivity contribution in [2.75, 3.05) is 26.7 Å². The fourth-order valence-corrected chi connectivity index (χ4v) is 3.94. The van der Waals surface area contributed by atoms with Gasteiger partial charge in [-0.3, -0.25) is 9.79 Å². The molecule has 2 aromatic rings. The van der Waals surface area contributed by atoms with Gasteiger partial charge in [0.1, 0.15) is 0 Å². The lowest BCUT2D eigenvalue weighted by Crippen LogP contribution is -2.48. The van der Waals surface area contributed by atoms with E-state index in [2.05, 4.69) is 15.6 Å². The Kier molecular flexibility index (Phi) is 10.7. The fourth-order valence-electron chi connectivity index (χ4n) is 3.71. The van der Waals surface area contributed by atoms with Gasteiger partial charge in [-0.15, -0.1) is 24.0 Å². The maximum absolute atomic E-state index is 12.8. The van der Waals surface area contributed by atoms with Crippen LogP contribution in [-0.2, 0) is 17.7 Å². The van der Waals surface area contributed by atoms with Crippen LogP contribution in [0.2, 0.25) is 5.02 Å². The molecular formula is C24H32ClIN4O2. The summed E-state index contributed by atoms with van der Waals surface area (Å²) in [6.45, 7) is 6.60. The Morgan fingerprint density at radius 3 is 2.38 bits per heavy atom.